The first-order valence-corrected chi connectivity index (χ1v) is 9.20. The molecule has 0 aliphatic rings. The molecule has 0 radical (unpaired) electrons. The molecule has 2 aromatic carbocycles. The summed E-state index contributed by atoms with van der Waals surface area (Å²) >= 11 is 0. The van der Waals surface area contributed by atoms with Crippen LogP contribution in [0.25, 0.3) is 10.9 Å². The van der Waals surface area contributed by atoms with Gasteiger partial charge in [-0.2, -0.15) is 8.42 Å². The number of aromatic nitrogens is 1. The van der Waals surface area contributed by atoms with E-state index in [9.17, 15) is 13.5 Å². The molecule has 7 heteroatoms. The lowest BCUT2D eigenvalue weighted by Crippen LogP contribution is -1.99. The van der Waals surface area contributed by atoms with Gasteiger partial charge in [0, 0.05) is 5.39 Å². The number of nitrogens with zero attached hydrogens (tertiary/aromatic N) is 2. The van der Waals surface area contributed by atoms with Crippen LogP contribution in [0.1, 0.15) is 22.3 Å². The van der Waals surface area contributed by atoms with Gasteiger partial charge in [-0.25, -0.2) is 0 Å². The SMILES string of the molecule is Cc1ccc(C)c(S(=O)(=O)N=Nc2c(O)[nH]c3c(C)cc(C)cc23)c1. The number of nitrogens with one attached hydrogen (secondary N) is 1. The van der Waals surface area contributed by atoms with Crippen LogP contribution in [0, 0.1) is 27.7 Å². The van der Waals surface area contributed by atoms with Gasteiger partial charge < -0.3 is 10.1 Å². The number of sulfonamides is 1. The molecule has 3 rings (SSSR count). The molecule has 1 heterocycles. The highest BCUT2D eigenvalue weighted by Crippen LogP contribution is 2.38. The quantitative estimate of drug-likeness (QED) is 0.672. The summed E-state index contributed by atoms with van der Waals surface area (Å²) in [6, 6.07) is 8.92. The van der Waals surface area contributed by atoms with Gasteiger partial charge in [0.15, 0.2) is 5.69 Å². The summed E-state index contributed by atoms with van der Waals surface area (Å²) in [5.41, 5.74) is 4.17. The number of H-pyrrole nitrogens is 1. The van der Waals surface area contributed by atoms with Gasteiger partial charge in [-0.05, 0) is 56.5 Å². The lowest BCUT2D eigenvalue weighted by Gasteiger charge is -2.03. The van der Waals surface area contributed by atoms with Crippen molar-refractivity contribution in [3.8, 4) is 5.88 Å². The molecule has 0 bridgehead atoms. The molecule has 0 saturated carbocycles. The Morgan fingerprint density at radius 1 is 0.960 bits per heavy atom. The highest BCUT2D eigenvalue weighted by atomic mass is 32.2. The number of benzene rings is 2. The van der Waals surface area contributed by atoms with Gasteiger partial charge in [-0.3, -0.25) is 0 Å². The van der Waals surface area contributed by atoms with E-state index >= 15 is 0 Å². The molecule has 0 aliphatic carbocycles. The Morgan fingerprint density at radius 2 is 1.68 bits per heavy atom. The largest absolute Gasteiger partial charge is 0.493 e. The molecule has 0 unspecified atom stereocenters. The normalized spacial score (nSPS) is 12.3. The fourth-order valence-electron chi connectivity index (χ4n) is 2.85. The van der Waals surface area contributed by atoms with Gasteiger partial charge in [0.1, 0.15) is 0 Å². The van der Waals surface area contributed by atoms with Crippen LogP contribution in [-0.2, 0) is 10.0 Å². The minimum absolute atomic E-state index is 0.114. The number of rotatable bonds is 3. The maximum absolute atomic E-state index is 12.5. The Labute approximate surface area is 146 Å². The Bertz CT molecular complexity index is 1110. The van der Waals surface area contributed by atoms with E-state index in [0.29, 0.717) is 16.5 Å². The predicted molar refractivity (Wildman–Crippen MR) is 97.1 cm³/mol. The number of aryl methyl sites for hydroxylation is 4. The molecule has 25 heavy (non-hydrogen) atoms. The van der Waals surface area contributed by atoms with Crippen LogP contribution in [0.2, 0.25) is 0 Å². The van der Waals surface area contributed by atoms with Crippen LogP contribution < -0.4 is 0 Å². The summed E-state index contributed by atoms with van der Waals surface area (Å²) in [6.45, 7) is 7.34. The molecule has 0 saturated heterocycles. The second-order valence-corrected chi connectivity index (χ2v) is 7.81. The Morgan fingerprint density at radius 3 is 2.40 bits per heavy atom. The monoisotopic (exact) mass is 357 g/mol. The van der Waals surface area contributed by atoms with E-state index in [-0.39, 0.29) is 16.5 Å². The topological polar surface area (TPSA) is 94.9 Å². The lowest BCUT2D eigenvalue weighted by molar-refractivity contribution is 0.459. The molecular formula is C18H19N3O3S. The molecule has 130 valence electrons. The number of fused-ring (bicyclic) bond motifs is 1. The Hall–Kier alpha value is -2.67. The van der Waals surface area contributed by atoms with Crippen molar-refractivity contribution in [1.29, 1.82) is 0 Å². The zero-order valence-electron chi connectivity index (χ0n) is 14.5. The fourth-order valence-corrected chi connectivity index (χ4v) is 3.94. The Kier molecular flexibility index (Phi) is 4.12. The summed E-state index contributed by atoms with van der Waals surface area (Å²) < 4.78 is 28.6. The van der Waals surface area contributed by atoms with E-state index in [1.807, 2.05) is 39.0 Å². The van der Waals surface area contributed by atoms with Crippen molar-refractivity contribution in [2.75, 3.05) is 0 Å². The molecule has 3 aromatic rings. The molecule has 0 atom stereocenters. The summed E-state index contributed by atoms with van der Waals surface area (Å²) in [5, 5.41) is 14.6. The van der Waals surface area contributed by atoms with Crippen molar-refractivity contribution in [3.05, 3.63) is 52.6 Å². The van der Waals surface area contributed by atoms with Gasteiger partial charge in [-0.15, -0.1) is 5.11 Å². The van der Waals surface area contributed by atoms with Gasteiger partial charge in [-0.1, -0.05) is 28.3 Å². The summed E-state index contributed by atoms with van der Waals surface area (Å²) in [6.07, 6.45) is 0. The number of hydrogen-bond acceptors (Lipinski definition) is 4. The zero-order chi connectivity index (χ0) is 18.4. The average Bonchev–Trinajstić information content (AvgIpc) is 2.84. The summed E-state index contributed by atoms with van der Waals surface area (Å²) in [5.74, 6) is -0.205. The first kappa shape index (κ1) is 17.2. The average molecular weight is 357 g/mol. The molecule has 1 aromatic heterocycles. The maximum atomic E-state index is 12.5. The van der Waals surface area contributed by atoms with E-state index in [1.54, 1.807) is 19.1 Å². The maximum Gasteiger partial charge on any atom is 0.300 e. The zero-order valence-corrected chi connectivity index (χ0v) is 15.3. The predicted octanol–water partition coefficient (Wildman–Crippen LogP) is 4.58. The first-order chi connectivity index (χ1) is 11.7. The van der Waals surface area contributed by atoms with Crippen LogP contribution in [0.5, 0.6) is 5.88 Å². The van der Waals surface area contributed by atoms with Crippen molar-refractivity contribution in [1.82, 2.24) is 4.98 Å². The first-order valence-electron chi connectivity index (χ1n) is 7.76. The minimum atomic E-state index is -3.96. The fraction of sp³-hybridized carbons (Fsp3) is 0.222. The molecule has 2 N–H and O–H groups in total. The van der Waals surface area contributed by atoms with Crippen LogP contribution >= 0.6 is 0 Å². The molecule has 6 nitrogen and oxygen atoms in total. The van der Waals surface area contributed by atoms with Crippen molar-refractivity contribution in [3.63, 3.8) is 0 Å². The van der Waals surface area contributed by atoms with Crippen molar-refractivity contribution in [2.45, 2.75) is 32.6 Å². The molecule has 0 fully saturated rings. The highest BCUT2D eigenvalue weighted by molar-refractivity contribution is 7.90. The third kappa shape index (κ3) is 3.15. The Balaban J connectivity index is 2.12. The van der Waals surface area contributed by atoms with Gasteiger partial charge in [0.05, 0.1) is 10.4 Å². The van der Waals surface area contributed by atoms with Crippen molar-refractivity contribution >= 4 is 26.6 Å². The van der Waals surface area contributed by atoms with Crippen LogP contribution in [-0.4, -0.2) is 18.5 Å². The third-order valence-corrected chi connectivity index (χ3v) is 5.36. The summed E-state index contributed by atoms with van der Waals surface area (Å²) in [7, 11) is -3.96. The van der Waals surface area contributed by atoms with E-state index in [0.717, 1.165) is 16.7 Å². The van der Waals surface area contributed by atoms with Crippen molar-refractivity contribution < 1.29 is 13.5 Å². The standard InChI is InChI=1S/C18H19N3O3S/c1-10-5-6-12(3)15(9-10)25(23,24)21-20-17-14-8-11(2)7-13(4)16(14)19-18(17)22/h5-9,19,22H,1-4H3. The van der Waals surface area contributed by atoms with Crippen LogP contribution in [0.4, 0.5) is 5.69 Å². The third-order valence-electron chi connectivity index (χ3n) is 4.07. The molecule has 0 aliphatic heterocycles. The number of aromatic amines is 1. The lowest BCUT2D eigenvalue weighted by atomic mass is 10.1. The molecular weight excluding hydrogens is 338 g/mol. The second-order valence-electron chi connectivity index (χ2n) is 6.25. The van der Waals surface area contributed by atoms with Crippen molar-refractivity contribution in [2.24, 2.45) is 9.63 Å². The van der Waals surface area contributed by atoms with E-state index in [4.69, 9.17) is 0 Å². The van der Waals surface area contributed by atoms with E-state index < -0.39 is 10.0 Å². The second kappa shape index (κ2) is 6.00. The van der Waals surface area contributed by atoms with Crippen LogP contribution in [0.3, 0.4) is 0 Å². The molecule has 0 spiro atoms. The van der Waals surface area contributed by atoms with Gasteiger partial charge in [0.25, 0.3) is 10.0 Å². The summed E-state index contributed by atoms with van der Waals surface area (Å²) in [4.78, 5) is 2.94. The van der Waals surface area contributed by atoms with E-state index in [1.165, 1.54) is 0 Å². The molecule has 0 amide bonds. The number of aromatic hydroxyl groups is 1. The van der Waals surface area contributed by atoms with Crippen LogP contribution in [0.15, 0.2) is 44.9 Å². The smallest absolute Gasteiger partial charge is 0.300 e. The highest BCUT2D eigenvalue weighted by Gasteiger charge is 2.18. The number of hydrogen-bond donors (Lipinski definition) is 2. The van der Waals surface area contributed by atoms with Gasteiger partial charge >= 0.3 is 0 Å². The van der Waals surface area contributed by atoms with E-state index in [2.05, 4.69) is 14.6 Å². The minimum Gasteiger partial charge on any atom is -0.493 e. The van der Waals surface area contributed by atoms with Gasteiger partial charge in [0.2, 0.25) is 5.88 Å².